The van der Waals surface area contributed by atoms with E-state index in [4.69, 9.17) is 5.11 Å². The zero-order chi connectivity index (χ0) is 13.6. The van der Waals surface area contributed by atoms with Crippen LogP contribution in [0.1, 0.15) is 50.4 Å². The van der Waals surface area contributed by atoms with E-state index in [-0.39, 0.29) is 11.8 Å². The predicted octanol–water partition coefficient (Wildman–Crippen LogP) is 3.19. The Hall–Kier alpha value is -1.84. The molecule has 1 saturated carbocycles. The molecule has 0 radical (unpaired) electrons. The third-order valence-electron chi connectivity index (χ3n) is 4.00. The molecule has 1 fully saturated rings. The van der Waals surface area contributed by atoms with E-state index in [0.717, 1.165) is 35.3 Å². The summed E-state index contributed by atoms with van der Waals surface area (Å²) in [5, 5.41) is 9.02. The van der Waals surface area contributed by atoms with Crippen molar-refractivity contribution in [3.8, 4) is 0 Å². The topological polar surface area (TPSA) is 66.0 Å². The highest BCUT2D eigenvalue weighted by Crippen LogP contribution is 2.51. The number of hydrogen-bond donors (Lipinski definition) is 2. The Balaban J connectivity index is 2.00. The summed E-state index contributed by atoms with van der Waals surface area (Å²) < 4.78 is 0. The lowest BCUT2D eigenvalue weighted by Crippen LogP contribution is -2.12. The van der Waals surface area contributed by atoms with Crippen LogP contribution < -0.4 is 0 Å². The molecule has 4 heteroatoms. The van der Waals surface area contributed by atoms with Crippen molar-refractivity contribution < 1.29 is 9.90 Å². The third kappa shape index (κ3) is 2.11. The van der Waals surface area contributed by atoms with Crippen LogP contribution >= 0.6 is 0 Å². The van der Waals surface area contributed by atoms with Crippen molar-refractivity contribution in [2.45, 2.75) is 44.4 Å². The van der Waals surface area contributed by atoms with Gasteiger partial charge in [-0.25, -0.2) is 4.98 Å². The van der Waals surface area contributed by atoms with Gasteiger partial charge in [0.2, 0.25) is 0 Å². The summed E-state index contributed by atoms with van der Waals surface area (Å²) in [6, 6.07) is 6.10. The Morgan fingerprint density at radius 1 is 1.47 bits per heavy atom. The van der Waals surface area contributed by atoms with Crippen LogP contribution in [0, 0.1) is 0 Å². The smallest absolute Gasteiger partial charge is 0.304 e. The molecule has 0 saturated heterocycles. The molecule has 1 aromatic heterocycles. The number of imidazole rings is 1. The number of aliphatic carboxylic acids is 1. The van der Waals surface area contributed by atoms with Gasteiger partial charge >= 0.3 is 5.97 Å². The number of H-pyrrole nitrogens is 1. The number of hydrogen-bond acceptors (Lipinski definition) is 2. The highest BCUT2D eigenvalue weighted by Gasteiger charge is 2.46. The van der Waals surface area contributed by atoms with Gasteiger partial charge in [0.25, 0.3) is 0 Å². The van der Waals surface area contributed by atoms with Crippen molar-refractivity contribution in [2.24, 2.45) is 0 Å². The zero-order valence-electron chi connectivity index (χ0n) is 11.2. The average Bonchev–Trinajstić information content (AvgIpc) is 2.98. The van der Waals surface area contributed by atoms with E-state index in [1.165, 1.54) is 0 Å². The van der Waals surface area contributed by atoms with Gasteiger partial charge in [-0.15, -0.1) is 0 Å². The number of fused-ring (bicyclic) bond motifs is 1. The van der Waals surface area contributed by atoms with E-state index in [9.17, 15) is 4.79 Å². The van der Waals surface area contributed by atoms with Gasteiger partial charge < -0.3 is 10.1 Å². The number of carbonyl (C=O) groups is 1. The summed E-state index contributed by atoms with van der Waals surface area (Å²) >= 11 is 0. The van der Waals surface area contributed by atoms with E-state index >= 15 is 0 Å². The molecule has 0 atom stereocenters. The summed E-state index contributed by atoms with van der Waals surface area (Å²) in [4.78, 5) is 18.8. The van der Waals surface area contributed by atoms with Gasteiger partial charge in [-0.3, -0.25) is 4.79 Å². The maximum Gasteiger partial charge on any atom is 0.304 e. The molecule has 0 amide bonds. The van der Waals surface area contributed by atoms with Gasteiger partial charge in [-0.2, -0.15) is 0 Å². The van der Waals surface area contributed by atoms with Gasteiger partial charge in [0.1, 0.15) is 5.82 Å². The van der Waals surface area contributed by atoms with E-state index in [1.54, 1.807) is 0 Å². The van der Waals surface area contributed by atoms with Gasteiger partial charge in [0.05, 0.1) is 17.5 Å². The van der Waals surface area contributed by atoms with Gasteiger partial charge in [-0.05, 0) is 30.5 Å². The first-order valence-electron chi connectivity index (χ1n) is 6.72. The monoisotopic (exact) mass is 258 g/mol. The van der Waals surface area contributed by atoms with Gasteiger partial charge in [0.15, 0.2) is 0 Å². The Morgan fingerprint density at radius 3 is 2.79 bits per heavy atom. The molecule has 0 aliphatic heterocycles. The van der Waals surface area contributed by atoms with E-state index < -0.39 is 5.97 Å². The number of nitrogens with one attached hydrogen (secondary N) is 1. The lowest BCUT2D eigenvalue weighted by atomic mass is 9.92. The van der Waals surface area contributed by atoms with E-state index in [1.807, 2.05) is 12.1 Å². The van der Waals surface area contributed by atoms with Crippen LogP contribution in [0.3, 0.4) is 0 Å². The summed E-state index contributed by atoms with van der Waals surface area (Å²) in [6.07, 6.45) is 2.16. The zero-order valence-corrected chi connectivity index (χ0v) is 11.2. The number of nitrogens with zero attached hydrogens (tertiary/aromatic N) is 1. The number of benzene rings is 1. The van der Waals surface area contributed by atoms with Crippen molar-refractivity contribution in [1.29, 1.82) is 0 Å². The molecule has 4 nitrogen and oxygen atoms in total. The second-order valence-corrected chi connectivity index (χ2v) is 5.86. The van der Waals surface area contributed by atoms with Crippen molar-refractivity contribution in [3.63, 3.8) is 0 Å². The summed E-state index contributed by atoms with van der Waals surface area (Å²) in [5.74, 6) is 0.630. The van der Waals surface area contributed by atoms with Crippen molar-refractivity contribution in [3.05, 3.63) is 29.6 Å². The quantitative estimate of drug-likeness (QED) is 0.885. The molecule has 2 N–H and O–H groups in total. The number of carboxylic acids is 1. The molecular formula is C15H18N2O2. The summed E-state index contributed by atoms with van der Waals surface area (Å²) in [6.45, 7) is 4.21. The molecule has 0 spiro atoms. The number of aromatic amines is 1. The summed E-state index contributed by atoms with van der Waals surface area (Å²) in [7, 11) is 0. The summed E-state index contributed by atoms with van der Waals surface area (Å²) in [5.41, 5.74) is 2.96. The van der Waals surface area contributed by atoms with Crippen LogP contribution in [-0.4, -0.2) is 21.0 Å². The minimum atomic E-state index is -0.718. The molecule has 0 bridgehead atoms. The molecular weight excluding hydrogens is 240 g/mol. The fraction of sp³-hybridized carbons (Fsp3) is 0.467. The molecule has 0 unspecified atom stereocenters. The predicted molar refractivity (Wildman–Crippen MR) is 73.3 cm³/mol. The van der Waals surface area contributed by atoms with Gasteiger partial charge in [0, 0.05) is 11.3 Å². The minimum absolute atomic E-state index is 0.136. The SMILES string of the molecule is CC(C)c1nc2ccc(C3(CC(=O)O)CC3)cc2[nH]1. The Morgan fingerprint density at radius 2 is 2.21 bits per heavy atom. The van der Waals surface area contributed by atoms with Crippen molar-refractivity contribution in [1.82, 2.24) is 9.97 Å². The molecule has 2 aromatic rings. The molecule has 100 valence electrons. The van der Waals surface area contributed by atoms with Gasteiger partial charge in [-0.1, -0.05) is 19.9 Å². The maximum atomic E-state index is 11.0. The van der Waals surface area contributed by atoms with Crippen molar-refractivity contribution in [2.75, 3.05) is 0 Å². The second kappa shape index (κ2) is 4.08. The number of aromatic nitrogens is 2. The average molecular weight is 258 g/mol. The molecule has 1 aromatic carbocycles. The normalized spacial score (nSPS) is 17.0. The number of rotatable bonds is 4. The Labute approximate surface area is 111 Å². The lowest BCUT2D eigenvalue weighted by Gasteiger charge is -2.12. The highest BCUT2D eigenvalue weighted by atomic mass is 16.4. The minimum Gasteiger partial charge on any atom is -0.481 e. The van der Waals surface area contributed by atoms with E-state index in [0.29, 0.717) is 5.92 Å². The first kappa shape index (κ1) is 12.2. The first-order chi connectivity index (χ1) is 9.00. The molecule has 1 aliphatic rings. The molecule has 1 aliphatic carbocycles. The molecule has 3 rings (SSSR count). The van der Waals surface area contributed by atoms with E-state index in [2.05, 4.69) is 29.9 Å². The lowest BCUT2D eigenvalue weighted by molar-refractivity contribution is -0.137. The molecule has 1 heterocycles. The second-order valence-electron chi connectivity index (χ2n) is 5.86. The van der Waals surface area contributed by atoms with Crippen molar-refractivity contribution >= 4 is 17.0 Å². The van der Waals surface area contributed by atoms with Crippen LogP contribution in [-0.2, 0) is 10.2 Å². The standard InChI is InChI=1S/C15H18N2O2/c1-9(2)14-16-11-4-3-10(7-12(11)17-14)15(5-6-15)8-13(18)19/h3-4,7,9H,5-6,8H2,1-2H3,(H,16,17)(H,18,19). The third-order valence-corrected chi connectivity index (χ3v) is 4.00. The highest BCUT2D eigenvalue weighted by molar-refractivity contribution is 5.77. The first-order valence-corrected chi connectivity index (χ1v) is 6.72. The van der Waals surface area contributed by atoms with Crippen LogP contribution in [0.2, 0.25) is 0 Å². The fourth-order valence-electron chi connectivity index (χ4n) is 2.64. The van der Waals surface area contributed by atoms with Crippen LogP contribution in [0.25, 0.3) is 11.0 Å². The number of carboxylic acid groups (broad SMARTS) is 1. The van der Waals surface area contributed by atoms with Crippen LogP contribution in [0.5, 0.6) is 0 Å². The fourth-order valence-corrected chi connectivity index (χ4v) is 2.64. The largest absolute Gasteiger partial charge is 0.481 e. The molecule has 19 heavy (non-hydrogen) atoms. The van der Waals surface area contributed by atoms with Crippen LogP contribution in [0.4, 0.5) is 0 Å². The Kier molecular flexibility index (Phi) is 2.62. The maximum absolute atomic E-state index is 11.0. The van der Waals surface area contributed by atoms with Crippen LogP contribution in [0.15, 0.2) is 18.2 Å². The Bertz CT molecular complexity index is 639.